The van der Waals surface area contributed by atoms with Gasteiger partial charge < -0.3 is 4.55 Å². The molecule has 0 bridgehead atoms. The molecule has 0 amide bonds. The standard InChI is InChI=1S/C7H9FO2S/c1-11(9,10)7-4-2-3-6(8)5-7/h2-5,9-10H,1H3/p+1. The van der Waals surface area contributed by atoms with Gasteiger partial charge in [0.05, 0.1) is 6.26 Å². The second kappa shape index (κ2) is 2.81. The first-order chi connectivity index (χ1) is 5.00. The first kappa shape index (κ1) is 8.52. The highest BCUT2D eigenvalue weighted by Gasteiger charge is 2.11. The summed E-state index contributed by atoms with van der Waals surface area (Å²) in [6.45, 7) is 0. The first-order valence-corrected chi connectivity index (χ1v) is 5.01. The van der Waals surface area contributed by atoms with Gasteiger partial charge in [0, 0.05) is 6.07 Å². The fourth-order valence-electron chi connectivity index (χ4n) is 0.714. The van der Waals surface area contributed by atoms with Gasteiger partial charge in [0.15, 0.2) is 0 Å². The third-order valence-electron chi connectivity index (χ3n) is 1.26. The zero-order chi connectivity index (χ0) is 8.48. The van der Waals surface area contributed by atoms with Crippen molar-refractivity contribution in [2.45, 2.75) is 4.90 Å². The van der Waals surface area contributed by atoms with E-state index in [9.17, 15) is 8.94 Å². The van der Waals surface area contributed by atoms with Crippen molar-refractivity contribution in [1.29, 1.82) is 0 Å². The summed E-state index contributed by atoms with van der Waals surface area (Å²) in [4.78, 5) is 0.345. The minimum atomic E-state index is -2.52. The van der Waals surface area contributed by atoms with Crippen molar-refractivity contribution in [3.8, 4) is 0 Å². The maximum Gasteiger partial charge on any atom is 0.125 e. The van der Waals surface area contributed by atoms with Crippen LogP contribution in [0.4, 0.5) is 4.39 Å². The smallest absolute Gasteiger partial charge is 0.125 e. The van der Waals surface area contributed by atoms with Gasteiger partial charge >= 0.3 is 0 Å². The number of halogens is 1. The maximum absolute atomic E-state index is 12.5. The van der Waals surface area contributed by atoms with E-state index in [4.69, 9.17) is 4.55 Å². The number of rotatable bonds is 1. The van der Waals surface area contributed by atoms with Crippen molar-refractivity contribution in [1.82, 2.24) is 0 Å². The molecule has 1 unspecified atom stereocenters. The van der Waals surface area contributed by atoms with Crippen LogP contribution in [0.15, 0.2) is 29.2 Å². The zero-order valence-corrected chi connectivity index (χ0v) is 6.86. The van der Waals surface area contributed by atoms with Gasteiger partial charge in [0.2, 0.25) is 0 Å². The van der Waals surface area contributed by atoms with Gasteiger partial charge in [-0.15, -0.1) is 0 Å². The van der Waals surface area contributed by atoms with Crippen molar-refractivity contribution in [3.05, 3.63) is 30.1 Å². The lowest BCUT2D eigenvalue weighted by atomic mass is 10.4. The zero-order valence-electron chi connectivity index (χ0n) is 6.04. The second-order valence-electron chi connectivity index (χ2n) is 2.33. The van der Waals surface area contributed by atoms with Gasteiger partial charge in [-0.1, -0.05) is 16.7 Å². The second-order valence-corrected chi connectivity index (χ2v) is 4.56. The summed E-state index contributed by atoms with van der Waals surface area (Å²) in [6.07, 6.45) is 1.38. The summed E-state index contributed by atoms with van der Waals surface area (Å²) < 4.78 is 29.0. The lowest BCUT2D eigenvalue weighted by Gasteiger charge is -2.21. The van der Waals surface area contributed by atoms with E-state index in [0.29, 0.717) is 4.90 Å². The van der Waals surface area contributed by atoms with Gasteiger partial charge in [0.1, 0.15) is 10.7 Å². The lowest BCUT2D eigenvalue weighted by molar-refractivity contribution is 0.493. The Morgan fingerprint density at radius 2 is 2.18 bits per heavy atom. The third-order valence-corrected chi connectivity index (χ3v) is 2.43. The van der Waals surface area contributed by atoms with Crippen molar-refractivity contribution in [2.75, 3.05) is 6.26 Å². The Morgan fingerprint density at radius 1 is 1.55 bits per heavy atom. The third kappa shape index (κ3) is 2.18. The number of benzene rings is 1. The molecule has 0 aliphatic rings. The maximum atomic E-state index is 12.5. The molecule has 62 valence electrons. The Hall–Kier alpha value is -0.580. The largest absolute Gasteiger partial charge is 0.324 e. The van der Waals surface area contributed by atoms with Crippen molar-refractivity contribution in [2.24, 2.45) is 0 Å². The van der Waals surface area contributed by atoms with Crippen LogP contribution in [0.25, 0.3) is 0 Å². The molecule has 11 heavy (non-hydrogen) atoms. The van der Waals surface area contributed by atoms with Crippen LogP contribution in [-0.2, 0) is 0 Å². The first-order valence-electron chi connectivity index (χ1n) is 3.01. The van der Waals surface area contributed by atoms with Crippen LogP contribution in [-0.4, -0.2) is 15.4 Å². The van der Waals surface area contributed by atoms with Crippen LogP contribution in [0.5, 0.6) is 0 Å². The van der Waals surface area contributed by atoms with Gasteiger partial charge in [-0.2, -0.15) is 0 Å². The van der Waals surface area contributed by atoms with Crippen LogP contribution in [0.2, 0.25) is 0 Å². The van der Waals surface area contributed by atoms with E-state index in [2.05, 4.69) is 0 Å². The molecule has 0 saturated heterocycles. The normalized spacial score (nSPS) is 18.9. The lowest BCUT2D eigenvalue weighted by Crippen LogP contribution is -1.94. The number of hydrogen-bond acceptors (Lipinski definition) is 1. The van der Waals surface area contributed by atoms with Gasteiger partial charge in [-0.25, -0.2) is 4.39 Å². The molecule has 3 N–H and O–H groups in total. The van der Waals surface area contributed by atoms with Crippen molar-refractivity contribution < 1.29 is 13.5 Å². The Bertz CT molecular complexity index is 257. The highest BCUT2D eigenvalue weighted by molar-refractivity contribution is 8.23. The topological polar surface area (TPSA) is 43.1 Å². The van der Waals surface area contributed by atoms with E-state index < -0.39 is 16.4 Å². The Balaban J connectivity index is 3.06. The van der Waals surface area contributed by atoms with E-state index >= 15 is 0 Å². The average molecular weight is 177 g/mol. The van der Waals surface area contributed by atoms with Crippen LogP contribution in [0, 0.1) is 5.82 Å². The van der Waals surface area contributed by atoms with Crippen molar-refractivity contribution >= 4 is 10.6 Å². The molecule has 0 spiro atoms. The van der Waals surface area contributed by atoms with E-state index in [0.717, 1.165) is 0 Å². The van der Waals surface area contributed by atoms with E-state index in [-0.39, 0.29) is 0 Å². The predicted octanol–water partition coefficient (Wildman–Crippen LogP) is 1.73. The summed E-state index contributed by atoms with van der Waals surface area (Å²) in [7, 11) is -2.52. The molecule has 0 aliphatic carbocycles. The highest BCUT2D eigenvalue weighted by Crippen LogP contribution is 2.43. The van der Waals surface area contributed by atoms with E-state index in [1.165, 1.54) is 24.5 Å². The van der Waals surface area contributed by atoms with Crippen LogP contribution >= 0.6 is 10.6 Å². The Labute approximate surface area is 66.0 Å². The summed E-state index contributed by atoms with van der Waals surface area (Å²) in [5, 5.41) is 0. The van der Waals surface area contributed by atoms with Crippen LogP contribution < -0.4 is 0 Å². The van der Waals surface area contributed by atoms with Gasteiger partial charge in [0.25, 0.3) is 0 Å². The average Bonchev–Trinajstić information content (AvgIpc) is 1.86. The summed E-state index contributed by atoms with van der Waals surface area (Å²) in [5.41, 5.74) is 0. The van der Waals surface area contributed by atoms with E-state index in [1.807, 2.05) is 0 Å². The molecule has 0 aliphatic heterocycles. The fraction of sp³-hybridized carbons (Fsp3) is 0.143. The molecule has 1 rings (SSSR count). The molecule has 0 saturated carbocycles. The predicted molar refractivity (Wildman–Crippen MR) is 44.4 cm³/mol. The molecular weight excluding hydrogens is 167 g/mol. The minimum absolute atomic E-state index is 0.345. The Kier molecular flexibility index (Phi) is 2.17. The van der Waals surface area contributed by atoms with Crippen LogP contribution in [0.3, 0.4) is 0 Å². The van der Waals surface area contributed by atoms with Crippen molar-refractivity contribution in [3.63, 3.8) is 0 Å². The minimum Gasteiger partial charge on any atom is -0.324 e. The molecule has 0 fully saturated rings. The SMILES string of the molecule is CS(O)([OH2+])c1cccc(F)c1. The molecule has 1 atom stereocenters. The summed E-state index contributed by atoms with van der Waals surface area (Å²) >= 11 is 0. The fourth-order valence-corrected chi connectivity index (χ4v) is 1.40. The van der Waals surface area contributed by atoms with Gasteiger partial charge in [-0.05, 0) is 12.1 Å². The Morgan fingerprint density at radius 3 is 2.55 bits per heavy atom. The molecular formula is C7H10FO2S+. The molecule has 4 heteroatoms. The highest BCUT2D eigenvalue weighted by atomic mass is 32.3. The molecule has 1 aromatic carbocycles. The summed E-state index contributed by atoms with van der Waals surface area (Å²) in [6, 6.07) is 5.50. The molecule has 0 heterocycles. The molecule has 1 aromatic rings. The van der Waals surface area contributed by atoms with Gasteiger partial charge in [-0.3, -0.25) is 4.55 Å². The number of hydrogen-bond donors (Lipinski definition) is 1. The summed E-state index contributed by atoms with van der Waals surface area (Å²) in [5.74, 6) is -0.414. The molecule has 0 aromatic heterocycles. The van der Waals surface area contributed by atoms with E-state index in [1.54, 1.807) is 6.07 Å². The molecule has 2 nitrogen and oxygen atoms in total. The van der Waals surface area contributed by atoms with Crippen LogP contribution in [0.1, 0.15) is 0 Å². The molecule has 0 radical (unpaired) electrons. The quantitative estimate of drug-likeness (QED) is 0.652. The monoisotopic (exact) mass is 177 g/mol.